The Morgan fingerprint density at radius 1 is 1.00 bits per heavy atom. The van der Waals surface area contributed by atoms with Gasteiger partial charge in [0.15, 0.2) is 17.5 Å². The number of anilines is 3. The fourth-order valence-electron chi connectivity index (χ4n) is 2.18. The zero-order chi connectivity index (χ0) is 18.7. The predicted octanol–water partition coefficient (Wildman–Crippen LogP) is 4.20. The number of aromatic nitrogens is 2. The SMILES string of the molecule is Cc1cccc(NC(=O)c2cnc(Nc3ccc(F)c(F)c3F)nc2)c1. The van der Waals surface area contributed by atoms with Gasteiger partial charge in [0.05, 0.1) is 11.3 Å². The number of aryl methyl sites for hydroxylation is 1. The van der Waals surface area contributed by atoms with E-state index in [1.807, 2.05) is 19.1 Å². The highest BCUT2D eigenvalue weighted by molar-refractivity contribution is 6.03. The molecule has 0 aliphatic carbocycles. The van der Waals surface area contributed by atoms with E-state index in [0.29, 0.717) is 5.69 Å². The Morgan fingerprint density at radius 3 is 2.42 bits per heavy atom. The van der Waals surface area contributed by atoms with Crippen molar-refractivity contribution in [2.24, 2.45) is 0 Å². The monoisotopic (exact) mass is 358 g/mol. The number of halogens is 3. The number of rotatable bonds is 4. The molecule has 0 spiro atoms. The molecule has 1 heterocycles. The van der Waals surface area contributed by atoms with Crippen molar-refractivity contribution in [2.75, 3.05) is 10.6 Å². The van der Waals surface area contributed by atoms with Gasteiger partial charge in [-0.2, -0.15) is 0 Å². The van der Waals surface area contributed by atoms with Crippen molar-refractivity contribution in [3.63, 3.8) is 0 Å². The van der Waals surface area contributed by atoms with Crippen LogP contribution in [0.2, 0.25) is 0 Å². The van der Waals surface area contributed by atoms with Crippen LogP contribution in [0.1, 0.15) is 15.9 Å². The highest BCUT2D eigenvalue weighted by atomic mass is 19.2. The van der Waals surface area contributed by atoms with Crippen LogP contribution in [0.15, 0.2) is 48.8 Å². The summed E-state index contributed by atoms with van der Waals surface area (Å²) in [6.45, 7) is 1.90. The Kier molecular flexibility index (Phi) is 4.83. The van der Waals surface area contributed by atoms with E-state index in [-0.39, 0.29) is 17.2 Å². The maximum absolute atomic E-state index is 13.6. The van der Waals surface area contributed by atoms with Gasteiger partial charge in [-0.3, -0.25) is 4.79 Å². The number of nitrogens with zero attached hydrogens (tertiary/aromatic N) is 2. The minimum atomic E-state index is -1.59. The molecular formula is C18H13F3N4O. The Bertz CT molecular complexity index is 961. The average Bonchev–Trinajstić information content (AvgIpc) is 2.63. The second kappa shape index (κ2) is 7.22. The summed E-state index contributed by atoms with van der Waals surface area (Å²) >= 11 is 0. The van der Waals surface area contributed by atoms with Crippen LogP contribution < -0.4 is 10.6 Å². The van der Waals surface area contributed by atoms with Crippen LogP contribution in [0.25, 0.3) is 0 Å². The van der Waals surface area contributed by atoms with Crippen LogP contribution in [0.4, 0.5) is 30.5 Å². The number of carbonyl (C=O) groups excluding carboxylic acids is 1. The summed E-state index contributed by atoms with van der Waals surface area (Å²) < 4.78 is 39.8. The second-order valence-corrected chi connectivity index (χ2v) is 5.47. The number of amides is 1. The summed E-state index contributed by atoms with van der Waals surface area (Å²) in [5.41, 5.74) is 1.48. The lowest BCUT2D eigenvalue weighted by Gasteiger charge is -2.08. The smallest absolute Gasteiger partial charge is 0.258 e. The van der Waals surface area contributed by atoms with Crippen molar-refractivity contribution in [1.82, 2.24) is 9.97 Å². The molecule has 0 bridgehead atoms. The quantitative estimate of drug-likeness (QED) is 0.686. The molecule has 0 fully saturated rings. The van der Waals surface area contributed by atoms with E-state index >= 15 is 0 Å². The summed E-state index contributed by atoms with van der Waals surface area (Å²) in [7, 11) is 0. The first kappa shape index (κ1) is 17.4. The zero-order valence-electron chi connectivity index (χ0n) is 13.6. The van der Waals surface area contributed by atoms with E-state index < -0.39 is 23.4 Å². The number of benzene rings is 2. The molecule has 0 atom stereocenters. The fraction of sp³-hybridized carbons (Fsp3) is 0.0556. The number of carbonyl (C=O) groups is 1. The topological polar surface area (TPSA) is 66.9 Å². The number of hydrogen-bond donors (Lipinski definition) is 2. The van der Waals surface area contributed by atoms with Crippen molar-refractivity contribution in [2.45, 2.75) is 6.92 Å². The molecule has 26 heavy (non-hydrogen) atoms. The van der Waals surface area contributed by atoms with Crippen LogP contribution in [-0.4, -0.2) is 15.9 Å². The van der Waals surface area contributed by atoms with Crippen LogP contribution in [0, 0.1) is 24.4 Å². The lowest BCUT2D eigenvalue weighted by atomic mass is 10.2. The predicted molar refractivity (Wildman–Crippen MR) is 90.8 cm³/mol. The molecule has 132 valence electrons. The van der Waals surface area contributed by atoms with Gasteiger partial charge < -0.3 is 10.6 Å². The molecule has 0 radical (unpaired) electrons. The molecule has 0 aliphatic rings. The van der Waals surface area contributed by atoms with Gasteiger partial charge in [-0.15, -0.1) is 0 Å². The number of nitrogens with one attached hydrogen (secondary N) is 2. The molecular weight excluding hydrogens is 345 g/mol. The molecule has 5 nitrogen and oxygen atoms in total. The summed E-state index contributed by atoms with van der Waals surface area (Å²) in [5, 5.41) is 5.13. The highest BCUT2D eigenvalue weighted by Crippen LogP contribution is 2.22. The first-order valence-corrected chi connectivity index (χ1v) is 7.54. The average molecular weight is 358 g/mol. The highest BCUT2D eigenvalue weighted by Gasteiger charge is 2.14. The molecule has 2 N–H and O–H groups in total. The third-order valence-corrected chi connectivity index (χ3v) is 3.47. The number of hydrogen-bond acceptors (Lipinski definition) is 4. The molecule has 2 aromatic carbocycles. The van der Waals surface area contributed by atoms with Crippen LogP contribution in [-0.2, 0) is 0 Å². The normalized spacial score (nSPS) is 10.5. The summed E-state index contributed by atoms with van der Waals surface area (Å²) in [4.78, 5) is 19.9. The first-order valence-electron chi connectivity index (χ1n) is 7.54. The van der Waals surface area contributed by atoms with Crippen LogP contribution in [0.3, 0.4) is 0 Å². The van der Waals surface area contributed by atoms with Crippen molar-refractivity contribution in [1.29, 1.82) is 0 Å². The molecule has 3 rings (SSSR count). The van der Waals surface area contributed by atoms with E-state index in [1.54, 1.807) is 12.1 Å². The Balaban J connectivity index is 1.72. The standard InChI is InChI=1S/C18H13F3N4O/c1-10-3-2-4-12(7-10)24-17(26)11-8-22-18(23-9-11)25-14-6-5-13(19)15(20)16(14)21/h2-9H,1H3,(H,24,26)(H,22,23,25). The molecule has 1 amide bonds. The van der Waals surface area contributed by atoms with Gasteiger partial charge in [-0.1, -0.05) is 12.1 Å². The van der Waals surface area contributed by atoms with Crippen LogP contribution >= 0.6 is 0 Å². The van der Waals surface area contributed by atoms with Crippen molar-refractivity contribution >= 4 is 23.2 Å². The zero-order valence-corrected chi connectivity index (χ0v) is 13.6. The maximum Gasteiger partial charge on any atom is 0.258 e. The molecule has 1 aromatic heterocycles. The van der Waals surface area contributed by atoms with Gasteiger partial charge in [0.2, 0.25) is 5.95 Å². The second-order valence-electron chi connectivity index (χ2n) is 5.47. The van der Waals surface area contributed by atoms with Gasteiger partial charge >= 0.3 is 0 Å². The van der Waals surface area contributed by atoms with Gasteiger partial charge in [0, 0.05) is 18.1 Å². The van der Waals surface area contributed by atoms with Gasteiger partial charge in [-0.25, -0.2) is 23.1 Å². The molecule has 0 saturated carbocycles. The van der Waals surface area contributed by atoms with Gasteiger partial charge in [0.1, 0.15) is 0 Å². The van der Waals surface area contributed by atoms with E-state index in [1.165, 1.54) is 12.4 Å². The van der Waals surface area contributed by atoms with E-state index in [2.05, 4.69) is 20.6 Å². The summed E-state index contributed by atoms with van der Waals surface area (Å²) in [6.07, 6.45) is 2.47. The minimum Gasteiger partial charge on any atom is -0.322 e. The minimum absolute atomic E-state index is 0.0676. The largest absolute Gasteiger partial charge is 0.322 e. The fourth-order valence-corrected chi connectivity index (χ4v) is 2.18. The lowest BCUT2D eigenvalue weighted by molar-refractivity contribution is 0.102. The molecule has 0 unspecified atom stereocenters. The molecule has 0 aliphatic heterocycles. The first-order chi connectivity index (χ1) is 12.4. The van der Waals surface area contributed by atoms with E-state index in [9.17, 15) is 18.0 Å². The summed E-state index contributed by atoms with van der Waals surface area (Å²) in [5.74, 6) is -4.75. The maximum atomic E-state index is 13.6. The Hall–Kier alpha value is -3.42. The van der Waals surface area contributed by atoms with Crippen LogP contribution in [0.5, 0.6) is 0 Å². The van der Waals surface area contributed by atoms with E-state index in [4.69, 9.17) is 0 Å². The Morgan fingerprint density at radius 2 is 1.73 bits per heavy atom. The van der Waals surface area contributed by atoms with Gasteiger partial charge in [-0.05, 0) is 36.8 Å². The van der Waals surface area contributed by atoms with E-state index in [0.717, 1.165) is 17.7 Å². The van der Waals surface area contributed by atoms with Crippen molar-refractivity contribution < 1.29 is 18.0 Å². The molecule has 8 heteroatoms. The third-order valence-electron chi connectivity index (χ3n) is 3.47. The van der Waals surface area contributed by atoms with Crippen molar-refractivity contribution in [3.05, 3.63) is 77.4 Å². The molecule has 3 aromatic rings. The van der Waals surface area contributed by atoms with Gasteiger partial charge in [0.25, 0.3) is 5.91 Å². The lowest BCUT2D eigenvalue weighted by Crippen LogP contribution is -2.13. The molecule has 0 saturated heterocycles. The van der Waals surface area contributed by atoms with Crippen molar-refractivity contribution in [3.8, 4) is 0 Å². The summed E-state index contributed by atoms with van der Waals surface area (Å²) in [6, 6.07) is 9.06. The third kappa shape index (κ3) is 3.80. The Labute approximate surface area is 146 Å².